The van der Waals surface area contributed by atoms with Gasteiger partial charge >= 0.3 is 6.18 Å². The highest BCUT2D eigenvalue weighted by Crippen LogP contribution is 2.39. The van der Waals surface area contributed by atoms with Crippen molar-refractivity contribution in [3.63, 3.8) is 0 Å². The zero-order valence-corrected chi connectivity index (χ0v) is 10.5. The van der Waals surface area contributed by atoms with E-state index in [0.717, 1.165) is 0 Å². The van der Waals surface area contributed by atoms with E-state index >= 15 is 0 Å². The molecule has 8 heteroatoms. The van der Waals surface area contributed by atoms with Crippen LogP contribution in [0.15, 0.2) is 0 Å². The number of hydrogen-bond donors (Lipinski definition) is 0. The molecule has 0 aromatic heterocycles. The third-order valence-corrected chi connectivity index (χ3v) is 2.72. The van der Waals surface area contributed by atoms with Crippen molar-refractivity contribution < 1.29 is 35.5 Å². The molecular weight excluding hydrogens is 293 g/mol. The lowest BCUT2D eigenvalue weighted by Gasteiger charge is -2.16. The summed E-state index contributed by atoms with van der Waals surface area (Å²) in [5.41, 5.74) is -2.61. The van der Waals surface area contributed by atoms with Gasteiger partial charge in [0.2, 0.25) is 11.6 Å². The Balaban J connectivity index is 3.30. The van der Waals surface area contributed by atoms with E-state index in [1.54, 1.807) is 13.8 Å². The van der Waals surface area contributed by atoms with E-state index < -0.39 is 40.8 Å². The first-order valence-corrected chi connectivity index (χ1v) is 5.67. The van der Waals surface area contributed by atoms with Gasteiger partial charge in [0.15, 0.2) is 17.4 Å². The number of alkyl halides is 3. The fourth-order valence-corrected chi connectivity index (χ4v) is 1.33. The smallest absolute Gasteiger partial charge is 0.422 e. The van der Waals surface area contributed by atoms with Crippen LogP contribution in [0.1, 0.15) is 25.8 Å². The molecule has 0 amide bonds. The van der Waals surface area contributed by atoms with Gasteiger partial charge in [-0.3, -0.25) is 0 Å². The number of hydrogen-bond acceptors (Lipinski definition) is 1. The zero-order valence-electron chi connectivity index (χ0n) is 10.5. The molecule has 0 N–H and O–H groups in total. The first-order valence-electron chi connectivity index (χ1n) is 5.67. The summed E-state index contributed by atoms with van der Waals surface area (Å²) in [5.74, 6) is -11.1. The second-order valence-corrected chi connectivity index (χ2v) is 4.28. The molecule has 20 heavy (non-hydrogen) atoms. The summed E-state index contributed by atoms with van der Waals surface area (Å²) >= 11 is 0. The zero-order chi connectivity index (χ0) is 15.7. The van der Waals surface area contributed by atoms with Gasteiger partial charge in [-0.05, 0) is 5.92 Å². The van der Waals surface area contributed by atoms with Crippen molar-refractivity contribution in [3.8, 4) is 5.75 Å². The Morgan fingerprint density at radius 3 is 1.75 bits per heavy atom. The Kier molecular flexibility index (Phi) is 4.88. The van der Waals surface area contributed by atoms with E-state index in [1.165, 1.54) is 0 Å². The molecule has 0 aliphatic carbocycles. The van der Waals surface area contributed by atoms with Gasteiger partial charge in [0.05, 0.1) is 6.61 Å². The SMILES string of the molecule is CCC(C)COc1c(F)c(F)c(C(F)(F)F)c(F)c1F. The van der Waals surface area contributed by atoms with Gasteiger partial charge in [-0.2, -0.15) is 22.0 Å². The third kappa shape index (κ3) is 3.16. The molecule has 0 fully saturated rings. The minimum absolute atomic E-state index is 0.192. The standard InChI is InChI=1S/C12H11F7O/c1-3-5(2)4-20-11-9(15)7(13)6(12(17,18)19)8(14)10(11)16/h5H,3-4H2,1-2H3. The molecular formula is C12H11F7O. The summed E-state index contributed by atoms with van der Waals surface area (Å²) in [7, 11) is 0. The molecule has 1 rings (SSSR count). The first kappa shape index (κ1) is 16.6. The Bertz CT molecular complexity index is 467. The maximum Gasteiger partial charge on any atom is 0.422 e. The van der Waals surface area contributed by atoms with Crippen LogP contribution in [0.25, 0.3) is 0 Å². The second-order valence-electron chi connectivity index (χ2n) is 4.28. The van der Waals surface area contributed by atoms with Gasteiger partial charge in [0, 0.05) is 0 Å². The van der Waals surface area contributed by atoms with E-state index in [1.807, 2.05) is 0 Å². The molecule has 1 nitrogen and oxygen atoms in total. The van der Waals surface area contributed by atoms with E-state index in [2.05, 4.69) is 4.74 Å². The lowest BCUT2D eigenvalue weighted by atomic mass is 10.1. The number of rotatable bonds is 4. The summed E-state index contributed by atoms with van der Waals surface area (Å²) in [5, 5.41) is 0. The van der Waals surface area contributed by atoms with Crippen LogP contribution in [-0.4, -0.2) is 6.61 Å². The third-order valence-electron chi connectivity index (χ3n) is 2.72. The molecule has 0 aliphatic rings. The molecule has 0 aliphatic heterocycles. The van der Waals surface area contributed by atoms with Gasteiger partial charge in [-0.25, -0.2) is 8.78 Å². The van der Waals surface area contributed by atoms with Crippen LogP contribution in [0.5, 0.6) is 5.75 Å². The van der Waals surface area contributed by atoms with Crippen molar-refractivity contribution >= 4 is 0 Å². The minimum Gasteiger partial charge on any atom is -0.487 e. The average molecular weight is 304 g/mol. The van der Waals surface area contributed by atoms with Crippen molar-refractivity contribution in [2.75, 3.05) is 6.61 Å². The highest BCUT2D eigenvalue weighted by atomic mass is 19.4. The van der Waals surface area contributed by atoms with E-state index in [-0.39, 0.29) is 12.5 Å². The first-order chi connectivity index (χ1) is 9.11. The molecule has 1 aromatic rings. The molecule has 1 unspecified atom stereocenters. The molecule has 114 valence electrons. The number of benzene rings is 1. The molecule has 1 atom stereocenters. The quantitative estimate of drug-likeness (QED) is 0.579. The van der Waals surface area contributed by atoms with Crippen LogP contribution in [0.4, 0.5) is 30.7 Å². The highest BCUT2D eigenvalue weighted by molar-refractivity contribution is 5.35. The molecule has 0 spiro atoms. The Labute approximate surface area is 110 Å². The van der Waals surface area contributed by atoms with Gasteiger partial charge in [0.1, 0.15) is 5.56 Å². The summed E-state index contributed by atoms with van der Waals surface area (Å²) in [6, 6.07) is 0. The fourth-order valence-electron chi connectivity index (χ4n) is 1.33. The number of ether oxygens (including phenoxy) is 1. The molecule has 0 saturated heterocycles. The largest absolute Gasteiger partial charge is 0.487 e. The van der Waals surface area contributed by atoms with Crippen LogP contribution in [0, 0.1) is 29.2 Å². The van der Waals surface area contributed by atoms with Crippen molar-refractivity contribution in [1.82, 2.24) is 0 Å². The van der Waals surface area contributed by atoms with E-state index in [0.29, 0.717) is 6.42 Å². The molecule has 0 bridgehead atoms. The average Bonchev–Trinajstić information content (AvgIpc) is 2.34. The highest BCUT2D eigenvalue weighted by Gasteiger charge is 2.42. The van der Waals surface area contributed by atoms with E-state index in [9.17, 15) is 30.7 Å². The van der Waals surface area contributed by atoms with Crippen molar-refractivity contribution in [1.29, 1.82) is 0 Å². The van der Waals surface area contributed by atoms with Crippen LogP contribution in [-0.2, 0) is 6.18 Å². The summed E-state index contributed by atoms with van der Waals surface area (Å²) in [6.45, 7) is 3.08. The number of halogens is 7. The molecule has 0 heterocycles. The molecule has 0 radical (unpaired) electrons. The van der Waals surface area contributed by atoms with E-state index in [4.69, 9.17) is 0 Å². The fraction of sp³-hybridized carbons (Fsp3) is 0.500. The monoisotopic (exact) mass is 304 g/mol. The normalized spacial score (nSPS) is 13.4. The maximum atomic E-state index is 13.4. The summed E-state index contributed by atoms with van der Waals surface area (Å²) in [6.07, 6.45) is -5.00. The van der Waals surface area contributed by atoms with Gasteiger partial charge in [-0.1, -0.05) is 20.3 Å². The van der Waals surface area contributed by atoms with Gasteiger partial charge < -0.3 is 4.74 Å². The van der Waals surface area contributed by atoms with Crippen molar-refractivity contribution in [2.45, 2.75) is 26.4 Å². The minimum atomic E-state index is -5.55. The van der Waals surface area contributed by atoms with Gasteiger partial charge in [0.25, 0.3) is 0 Å². The predicted octanol–water partition coefficient (Wildman–Crippen LogP) is 4.69. The topological polar surface area (TPSA) is 9.23 Å². The molecule has 0 saturated carbocycles. The predicted molar refractivity (Wildman–Crippen MR) is 56.2 cm³/mol. The maximum absolute atomic E-state index is 13.4. The lowest BCUT2D eigenvalue weighted by molar-refractivity contribution is -0.143. The van der Waals surface area contributed by atoms with Crippen LogP contribution in [0.3, 0.4) is 0 Å². The Morgan fingerprint density at radius 1 is 0.950 bits per heavy atom. The summed E-state index contributed by atoms with van der Waals surface area (Å²) < 4.78 is 94.7. The van der Waals surface area contributed by atoms with Crippen LogP contribution >= 0.6 is 0 Å². The summed E-state index contributed by atoms with van der Waals surface area (Å²) in [4.78, 5) is 0. The Morgan fingerprint density at radius 2 is 1.40 bits per heavy atom. The Hall–Kier alpha value is -1.47. The van der Waals surface area contributed by atoms with Crippen LogP contribution < -0.4 is 4.74 Å². The molecule has 1 aromatic carbocycles. The van der Waals surface area contributed by atoms with Gasteiger partial charge in [-0.15, -0.1) is 0 Å². The van der Waals surface area contributed by atoms with Crippen molar-refractivity contribution in [2.24, 2.45) is 5.92 Å². The second kappa shape index (κ2) is 5.88. The lowest BCUT2D eigenvalue weighted by Crippen LogP contribution is -2.17. The van der Waals surface area contributed by atoms with Crippen molar-refractivity contribution in [3.05, 3.63) is 28.8 Å². The van der Waals surface area contributed by atoms with Crippen LogP contribution in [0.2, 0.25) is 0 Å².